The van der Waals surface area contributed by atoms with Crippen molar-refractivity contribution in [3.05, 3.63) is 36.0 Å². The number of aliphatic hydroxyl groups is 1. The maximum absolute atomic E-state index is 13.1. The predicted molar refractivity (Wildman–Crippen MR) is 220 cm³/mol. The lowest BCUT2D eigenvalue weighted by molar-refractivity contribution is -0.141. The number of H-pyrrole nitrogens is 1. The van der Waals surface area contributed by atoms with Crippen LogP contribution in [0.15, 0.2) is 30.5 Å². The van der Waals surface area contributed by atoms with Crippen molar-refractivity contribution in [1.82, 2.24) is 58.2 Å². The van der Waals surface area contributed by atoms with Gasteiger partial charge in [0, 0.05) is 43.5 Å². The van der Waals surface area contributed by atoms with Crippen molar-refractivity contribution in [1.29, 1.82) is 10.8 Å². The zero-order valence-corrected chi connectivity index (χ0v) is 33.9. The highest BCUT2D eigenvalue weighted by Gasteiger charge is 2.27. The van der Waals surface area contributed by atoms with Gasteiger partial charge in [0.05, 0.1) is 32.8 Å². The van der Waals surface area contributed by atoms with E-state index in [1.807, 2.05) is 0 Å². The number of rotatable bonds is 27. The van der Waals surface area contributed by atoms with Crippen LogP contribution >= 0.6 is 0 Å². The van der Waals surface area contributed by atoms with Crippen molar-refractivity contribution in [2.45, 2.75) is 63.2 Å². The van der Waals surface area contributed by atoms with E-state index in [0.717, 1.165) is 10.9 Å². The van der Waals surface area contributed by atoms with E-state index in [1.165, 1.54) is 6.92 Å². The van der Waals surface area contributed by atoms with Crippen molar-refractivity contribution in [2.75, 3.05) is 45.9 Å². The number of aliphatic carboxylic acids is 1. The highest BCUT2D eigenvalue weighted by Crippen LogP contribution is 2.19. The number of hydrogen-bond acceptors (Lipinski definition) is 12. The van der Waals surface area contributed by atoms with Gasteiger partial charge in [-0.3, -0.25) is 49.2 Å². The number of nitrogens with two attached hydrogens (primary N) is 2. The van der Waals surface area contributed by atoms with Gasteiger partial charge in [0.25, 0.3) is 0 Å². The predicted octanol–water partition coefficient (Wildman–Crippen LogP) is -6.26. The van der Waals surface area contributed by atoms with Crippen LogP contribution < -0.4 is 64.6 Å². The van der Waals surface area contributed by atoms with E-state index < -0.39 is 110 Å². The summed E-state index contributed by atoms with van der Waals surface area (Å²) in [5, 5.41) is 58.4. The van der Waals surface area contributed by atoms with Crippen LogP contribution in [0.1, 0.15) is 38.2 Å². The second-order valence-corrected chi connectivity index (χ2v) is 13.6. The van der Waals surface area contributed by atoms with E-state index in [-0.39, 0.29) is 57.1 Å². The lowest BCUT2D eigenvalue weighted by Crippen LogP contribution is -2.55. The number of aromatic amines is 1. The molecule has 3 unspecified atom stereocenters. The van der Waals surface area contributed by atoms with Crippen molar-refractivity contribution < 1.29 is 53.4 Å². The first-order valence-electron chi connectivity index (χ1n) is 19.2. The molecule has 0 bridgehead atoms. The van der Waals surface area contributed by atoms with Gasteiger partial charge < -0.3 is 79.8 Å². The van der Waals surface area contributed by atoms with Crippen molar-refractivity contribution in [3.63, 3.8) is 0 Å². The fourth-order valence-electron chi connectivity index (χ4n) is 5.57. The number of fused-ring (bicyclic) bond motifs is 1. The number of carbonyl (C=O) groups is 9. The third kappa shape index (κ3) is 19.5. The molecule has 0 aliphatic heterocycles. The van der Waals surface area contributed by atoms with Crippen LogP contribution in [0.4, 0.5) is 0 Å². The quantitative estimate of drug-likeness (QED) is 0.0226. The first-order valence-corrected chi connectivity index (χ1v) is 19.2. The number of benzene rings is 1. The number of para-hydroxylation sites is 1. The zero-order chi connectivity index (χ0) is 46.2. The number of guanidine groups is 2. The van der Waals surface area contributed by atoms with Gasteiger partial charge in [0.1, 0.15) is 24.2 Å². The molecule has 2 rings (SSSR count). The second-order valence-electron chi connectivity index (χ2n) is 13.6. The summed E-state index contributed by atoms with van der Waals surface area (Å²) in [4.78, 5) is 115. The van der Waals surface area contributed by atoms with Crippen LogP contribution in [0, 0.1) is 10.8 Å². The first kappa shape index (κ1) is 50.6. The summed E-state index contributed by atoms with van der Waals surface area (Å²) in [7, 11) is 0. The molecule has 26 heteroatoms. The van der Waals surface area contributed by atoms with Crippen LogP contribution in [0.5, 0.6) is 0 Å². The Labute approximate surface area is 354 Å². The van der Waals surface area contributed by atoms with Gasteiger partial charge in [-0.2, -0.15) is 0 Å². The summed E-state index contributed by atoms with van der Waals surface area (Å²) in [6.07, 6.45) is 2.00. The van der Waals surface area contributed by atoms with Gasteiger partial charge in [-0.15, -0.1) is 0 Å². The minimum atomic E-state index is -1.59. The van der Waals surface area contributed by atoms with Crippen LogP contribution in [0.2, 0.25) is 0 Å². The molecule has 62 heavy (non-hydrogen) atoms. The third-order valence-electron chi connectivity index (χ3n) is 8.61. The average Bonchev–Trinajstić information content (AvgIpc) is 3.63. The third-order valence-corrected chi connectivity index (χ3v) is 8.61. The van der Waals surface area contributed by atoms with Gasteiger partial charge in [0.2, 0.25) is 47.3 Å². The molecular formula is C36H55N15O11. The monoisotopic (exact) mass is 873 g/mol. The minimum absolute atomic E-state index is 0.0459. The molecule has 2 aromatic rings. The zero-order valence-electron chi connectivity index (χ0n) is 33.9. The minimum Gasteiger partial charge on any atom is -0.480 e. The van der Waals surface area contributed by atoms with Gasteiger partial charge >= 0.3 is 5.97 Å². The van der Waals surface area contributed by atoms with E-state index in [0.29, 0.717) is 5.56 Å². The van der Waals surface area contributed by atoms with Crippen LogP contribution in [-0.4, -0.2) is 150 Å². The number of nitrogens with one attached hydrogen (secondary N) is 13. The molecule has 340 valence electrons. The van der Waals surface area contributed by atoms with Gasteiger partial charge in [-0.1, -0.05) is 18.2 Å². The average molecular weight is 874 g/mol. The summed E-state index contributed by atoms with van der Waals surface area (Å²) in [6.45, 7) is -1.95. The Morgan fingerprint density at radius 1 is 0.629 bits per heavy atom. The number of amides is 8. The molecule has 26 nitrogen and oxygen atoms in total. The fraction of sp³-hybridized carbons (Fsp3) is 0.472. The van der Waals surface area contributed by atoms with E-state index in [9.17, 15) is 53.4 Å². The van der Waals surface area contributed by atoms with E-state index in [2.05, 4.69) is 58.2 Å². The summed E-state index contributed by atoms with van der Waals surface area (Å²) in [6, 6.07) is 1.78. The van der Waals surface area contributed by atoms with E-state index in [4.69, 9.17) is 22.3 Å². The molecular weight excluding hydrogens is 818 g/mol. The molecule has 0 aliphatic rings. The summed E-state index contributed by atoms with van der Waals surface area (Å²) in [5.41, 5.74) is 12.0. The van der Waals surface area contributed by atoms with Crippen LogP contribution in [-0.2, 0) is 49.6 Å². The molecule has 4 atom stereocenters. The Hall–Kier alpha value is -7.51. The van der Waals surface area contributed by atoms with Crippen molar-refractivity contribution in [3.8, 4) is 0 Å². The van der Waals surface area contributed by atoms with Gasteiger partial charge in [0.15, 0.2) is 11.9 Å². The molecule has 0 radical (unpaired) electrons. The number of carboxylic acid groups (broad SMARTS) is 1. The van der Waals surface area contributed by atoms with Crippen molar-refractivity contribution in [2.24, 2.45) is 11.5 Å². The molecule has 1 aromatic carbocycles. The largest absolute Gasteiger partial charge is 0.480 e. The fourth-order valence-corrected chi connectivity index (χ4v) is 5.57. The Morgan fingerprint density at radius 2 is 1.05 bits per heavy atom. The number of aromatic nitrogens is 1. The Balaban J connectivity index is 1.94. The molecule has 8 amide bonds. The molecule has 19 N–H and O–H groups in total. The van der Waals surface area contributed by atoms with Gasteiger partial charge in [-0.25, -0.2) is 4.79 Å². The number of carbonyl (C=O) groups excluding carboxylic acids is 8. The highest BCUT2D eigenvalue weighted by molar-refractivity contribution is 5.95. The lowest BCUT2D eigenvalue weighted by atomic mass is 10.0. The second kappa shape index (κ2) is 26.6. The summed E-state index contributed by atoms with van der Waals surface area (Å²) < 4.78 is 0. The lowest BCUT2D eigenvalue weighted by Gasteiger charge is -2.21. The normalized spacial score (nSPS) is 12.5. The Kier molecular flexibility index (Phi) is 21.7. The topological polar surface area (TPSA) is 430 Å². The van der Waals surface area contributed by atoms with Gasteiger partial charge in [-0.05, 0) is 37.3 Å². The van der Waals surface area contributed by atoms with E-state index in [1.54, 1.807) is 30.5 Å². The Bertz CT molecular complexity index is 1940. The van der Waals surface area contributed by atoms with Crippen molar-refractivity contribution >= 4 is 76.0 Å². The highest BCUT2D eigenvalue weighted by atomic mass is 16.4. The molecule has 1 heterocycles. The molecule has 0 saturated carbocycles. The SMILES string of the molecule is CC(=O)NCC(=O)NC(CCCNC(=N)N)C(=O)NCC(=O)NC(CCCNC(=N)N)C(=O)NCC(=O)NC(CO)C(=O)NCC(=O)N[C@@H](Cc1c[nH]c2ccccc12)C(=O)O. The maximum Gasteiger partial charge on any atom is 0.326 e. The first-order chi connectivity index (χ1) is 29.4. The summed E-state index contributed by atoms with van der Waals surface area (Å²) >= 11 is 0. The molecule has 1 aromatic heterocycles. The molecule has 0 saturated heterocycles. The maximum atomic E-state index is 13.1. The van der Waals surface area contributed by atoms with E-state index >= 15 is 0 Å². The smallest absolute Gasteiger partial charge is 0.326 e. The number of aliphatic hydroxyl groups excluding tert-OH is 1. The molecule has 0 fully saturated rings. The molecule has 0 spiro atoms. The van der Waals surface area contributed by atoms with Crippen LogP contribution in [0.25, 0.3) is 10.9 Å². The Morgan fingerprint density at radius 3 is 1.48 bits per heavy atom. The standard InChI is InChI=1S/C36H55N15O11/c1-19(53)43-14-27(54)48-23(8-4-10-41-35(37)38)31(58)45-15-28(55)49-24(9-5-11-42-36(39)40)32(59)46-17-30(57)51-26(18-52)33(60)47-16-29(56)50-25(34(61)62)12-20-13-44-22-7-3-2-6-21(20)22/h2-3,6-7,13,23-26,44,52H,4-5,8-12,14-18H2,1H3,(H,43,53)(H,45,58)(H,46,59)(H,47,60)(H,48,54)(H,49,55)(H,50,56)(H,51,57)(H,61,62)(H4,37,38,41)(H4,39,40,42)/t23?,24?,25-,26?/m0/s1. The summed E-state index contributed by atoms with van der Waals surface area (Å²) in [5.74, 6) is -8.47. The molecule has 0 aliphatic carbocycles. The number of carboxylic acids is 1. The number of hydrogen-bond donors (Lipinski definition) is 17. The van der Waals surface area contributed by atoms with Crippen LogP contribution in [0.3, 0.4) is 0 Å².